The highest BCUT2D eigenvalue weighted by Crippen LogP contribution is 1.97. The number of carbonyl (C=O) groups excluding carboxylic acids is 3. The molecule has 6 N–H and O–H groups in total. The first-order valence-corrected chi connectivity index (χ1v) is 5.69. The van der Waals surface area contributed by atoms with Gasteiger partial charge in [0.25, 0.3) is 0 Å². The summed E-state index contributed by atoms with van der Waals surface area (Å²) in [6, 6.07) is -2.04. The molecule has 9 nitrogen and oxygen atoms in total. The second kappa shape index (κ2) is 8.72. The van der Waals surface area contributed by atoms with Gasteiger partial charge in [-0.15, -0.1) is 0 Å². The lowest BCUT2D eigenvalue weighted by molar-refractivity contribution is -0.139. The lowest BCUT2D eigenvalue weighted by atomic mass is 10.1. The Morgan fingerprint density at radius 3 is 2.32 bits per heavy atom. The highest BCUT2D eigenvalue weighted by molar-refractivity contribution is 5.86. The Hall–Kier alpha value is -2.32. The molecule has 0 spiro atoms. The Bertz CT molecular complexity index is 358. The van der Waals surface area contributed by atoms with E-state index in [2.05, 4.69) is 16.0 Å². The second-order valence-electron chi connectivity index (χ2n) is 3.68. The van der Waals surface area contributed by atoms with Crippen molar-refractivity contribution in [2.45, 2.75) is 25.8 Å². The van der Waals surface area contributed by atoms with Crippen LogP contribution in [0.15, 0.2) is 0 Å². The van der Waals surface area contributed by atoms with Crippen LogP contribution < -0.4 is 21.7 Å². The molecule has 0 aromatic heterocycles. The minimum atomic E-state index is -1.28. The van der Waals surface area contributed by atoms with Crippen molar-refractivity contribution in [2.24, 2.45) is 5.73 Å². The van der Waals surface area contributed by atoms with E-state index >= 15 is 0 Å². The SMILES string of the molecule is CCNC(=O)CNC(=O)N[C@H](CCC(N)=O)C(=O)O. The largest absolute Gasteiger partial charge is 0.480 e. The molecule has 0 rings (SSSR count). The molecular weight excluding hydrogens is 256 g/mol. The van der Waals surface area contributed by atoms with Gasteiger partial charge in [-0.2, -0.15) is 0 Å². The standard InChI is InChI=1S/C10H18N4O5/c1-2-12-8(16)5-13-10(19)14-6(9(17)18)3-4-7(11)15/h6H,2-5H2,1H3,(H2,11,15)(H,12,16)(H,17,18)(H2,13,14,19)/t6-/m1/s1. The Morgan fingerprint density at radius 2 is 1.84 bits per heavy atom. The normalized spacial score (nSPS) is 11.2. The molecule has 0 saturated heterocycles. The minimum Gasteiger partial charge on any atom is -0.480 e. The van der Waals surface area contributed by atoms with Crippen molar-refractivity contribution < 1.29 is 24.3 Å². The topological polar surface area (TPSA) is 151 Å². The number of rotatable bonds is 8. The maximum Gasteiger partial charge on any atom is 0.326 e. The number of nitrogens with one attached hydrogen (secondary N) is 3. The summed E-state index contributed by atoms with van der Waals surface area (Å²) >= 11 is 0. The van der Waals surface area contributed by atoms with Crippen molar-refractivity contribution >= 4 is 23.8 Å². The van der Waals surface area contributed by atoms with E-state index in [-0.39, 0.29) is 25.3 Å². The highest BCUT2D eigenvalue weighted by Gasteiger charge is 2.20. The van der Waals surface area contributed by atoms with Crippen LogP contribution in [0.3, 0.4) is 0 Å². The smallest absolute Gasteiger partial charge is 0.326 e. The van der Waals surface area contributed by atoms with E-state index in [9.17, 15) is 19.2 Å². The van der Waals surface area contributed by atoms with Gasteiger partial charge in [-0.1, -0.05) is 0 Å². The summed E-state index contributed by atoms with van der Waals surface area (Å²) in [6.07, 6.45) is -0.271. The first kappa shape index (κ1) is 16.7. The fraction of sp³-hybridized carbons (Fsp3) is 0.600. The van der Waals surface area contributed by atoms with Crippen LogP contribution in [0.2, 0.25) is 0 Å². The van der Waals surface area contributed by atoms with Crippen molar-refractivity contribution in [3.05, 3.63) is 0 Å². The molecule has 108 valence electrons. The lowest BCUT2D eigenvalue weighted by Crippen LogP contribution is -2.48. The van der Waals surface area contributed by atoms with Gasteiger partial charge < -0.3 is 26.8 Å². The number of urea groups is 1. The Kier molecular flexibility index (Phi) is 7.66. The maximum absolute atomic E-state index is 11.3. The fourth-order valence-electron chi connectivity index (χ4n) is 1.17. The van der Waals surface area contributed by atoms with Crippen LogP contribution in [-0.2, 0) is 14.4 Å². The number of carbonyl (C=O) groups is 4. The predicted octanol–water partition coefficient (Wildman–Crippen LogP) is -1.86. The molecule has 19 heavy (non-hydrogen) atoms. The number of carboxylic acids is 1. The van der Waals surface area contributed by atoms with Gasteiger partial charge in [0.05, 0.1) is 6.54 Å². The van der Waals surface area contributed by atoms with Crippen LogP contribution in [0, 0.1) is 0 Å². The molecule has 0 heterocycles. The average molecular weight is 274 g/mol. The van der Waals surface area contributed by atoms with E-state index < -0.39 is 23.9 Å². The quantitative estimate of drug-likeness (QED) is 0.351. The van der Waals surface area contributed by atoms with Crippen LogP contribution in [0.4, 0.5) is 4.79 Å². The molecule has 1 atom stereocenters. The van der Waals surface area contributed by atoms with Gasteiger partial charge in [-0.3, -0.25) is 9.59 Å². The summed E-state index contributed by atoms with van der Waals surface area (Å²) in [5.74, 6) is -2.33. The third-order valence-electron chi connectivity index (χ3n) is 2.07. The molecule has 0 radical (unpaired) electrons. The van der Waals surface area contributed by atoms with Crippen molar-refractivity contribution in [1.29, 1.82) is 0 Å². The molecule has 0 aliphatic rings. The zero-order valence-electron chi connectivity index (χ0n) is 10.6. The van der Waals surface area contributed by atoms with E-state index in [0.29, 0.717) is 6.54 Å². The molecule has 4 amide bonds. The van der Waals surface area contributed by atoms with Crippen molar-refractivity contribution in [1.82, 2.24) is 16.0 Å². The Balaban J connectivity index is 4.13. The molecule has 9 heteroatoms. The van der Waals surface area contributed by atoms with Gasteiger partial charge in [0.1, 0.15) is 6.04 Å². The number of nitrogens with two attached hydrogens (primary N) is 1. The Labute approximate surface area is 109 Å². The van der Waals surface area contributed by atoms with Crippen molar-refractivity contribution in [3.8, 4) is 0 Å². The minimum absolute atomic E-state index is 0.112. The summed E-state index contributed by atoms with van der Waals surface area (Å²) in [7, 11) is 0. The molecule has 0 unspecified atom stereocenters. The zero-order valence-corrected chi connectivity index (χ0v) is 10.6. The molecule has 0 aromatic rings. The number of hydrogen-bond donors (Lipinski definition) is 5. The molecule has 0 aliphatic carbocycles. The monoisotopic (exact) mass is 274 g/mol. The molecule has 0 fully saturated rings. The summed E-state index contributed by atoms with van der Waals surface area (Å²) in [6.45, 7) is 1.89. The predicted molar refractivity (Wildman–Crippen MR) is 65.1 cm³/mol. The van der Waals surface area contributed by atoms with Gasteiger partial charge in [0, 0.05) is 13.0 Å². The molecule has 0 bridgehead atoms. The van der Waals surface area contributed by atoms with Gasteiger partial charge in [0.15, 0.2) is 0 Å². The summed E-state index contributed by atoms with van der Waals surface area (Å²) < 4.78 is 0. The number of amides is 4. The van der Waals surface area contributed by atoms with Crippen LogP contribution >= 0.6 is 0 Å². The summed E-state index contributed by atoms with van der Waals surface area (Å²) in [5, 5.41) is 15.6. The lowest BCUT2D eigenvalue weighted by Gasteiger charge is -2.14. The van der Waals surface area contributed by atoms with Crippen molar-refractivity contribution in [3.63, 3.8) is 0 Å². The summed E-state index contributed by atoms with van der Waals surface area (Å²) in [4.78, 5) is 43.7. The van der Waals surface area contributed by atoms with Gasteiger partial charge in [0.2, 0.25) is 11.8 Å². The second-order valence-corrected chi connectivity index (χ2v) is 3.68. The molecular formula is C10H18N4O5. The van der Waals surface area contributed by atoms with E-state index in [0.717, 1.165) is 0 Å². The zero-order chi connectivity index (χ0) is 14.8. The fourth-order valence-corrected chi connectivity index (χ4v) is 1.17. The number of hydrogen-bond acceptors (Lipinski definition) is 4. The maximum atomic E-state index is 11.3. The average Bonchev–Trinajstić information content (AvgIpc) is 2.31. The first-order valence-electron chi connectivity index (χ1n) is 5.69. The number of aliphatic carboxylic acids is 1. The van der Waals surface area contributed by atoms with E-state index in [4.69, 9.17) is 10.8 Å². The van der Waals surface area contributed by atoms with Crippen LogP contribution in [0.5, 0.6) is 0 Å². The molecule has 0 saturated carbocycles. The Morgan fingerprint density at radius 1 is 1.21 bits per heavy atom. The summed E-state index contributed by atoms with van der Waals surface area (Å²) in [5.41, 5.74) is 4.89. The van der Waals surface area contributed by atoms with Crippen LogP contribution in [-0.4, -0.2) is 48.1 Å². The number of primary amides is 1. The molecule has 0 aliphatic heterocycles. The van der Waals surface area contributed by atoms with Crippen LogP contribution in [0.1, 0.15) is 19.8 Å². The number of likely N-dealkylation sites (N-methyl/N-ethyl adjacent to an activating group) is 1. The third kappa shape index (κ3) is 8.41. The number of carboxylic acid groups (broad SMARTS) is 1. The van der Waals surface area contributed by atoms with Gasteiger partial charge in [-0.05, 0) is 13.3 Å². The van der Waals surface area contributed by atoms with Crippen molar-refractivity contribution in [2.75, 3.05) is 13.1 Å². The highest BCUT2D eigenvalue weighted by atomic mass is 16.4. The molecule has 0 aromatic carbocycles. The van der Waals surface area contributed by atoms with Gasteiger partial charge in [-0.25, -0.2) is 9.59 Å². The third-order valence-corrected chi connectivity index (χ3v) is 2.07. The van der Waals surface area contributed by atoms with Crippen LogP contribution in [0.25, 0.3) is 0 Å². The van der Waals surface area contributed by atoms with E-state index in [1.807, 2.05) is 0 Å². The van der Waals surface area contributed by atoms with E-state index in [1.54, 1.807) is 6.92 Å². The first-order chi connectivity index (χ1) is 8.86. The van der Waals surface area contributed by atoms with Gasteiger partial charge >= 0.3 is 12.0 Å². The van der Waals surface area contributed by atoms with E-state index in [1.165, 1.54) is 0 Å².